The summed E-state index contributed by atoms with van der Waals surface area (Å²) < 4.78 is 4.77. The molecule has 0 aromatic carbocycles. The first-order valence-electron chi connectivity index (χ1n) is 3.47. The first kappa shape index (κ1) is 10.3. The third-order valence-electron chi connectivity index (χ3n) is 1.02. The van der Waals surface area contributed by atoms with Crippen LogP contribution in [0.15, 0.2) is 0 Å². The van der Waals surface area contributed by atoms with Gasteiger partial charge in [0.15, 0.2) is 0 Å². The van der Waals surface area contributed by atoms with Crippen LogP contribution in [-0.4, -0.2) is 18.3 Å². The van der Waals surface area contributed by atoms with Gasteiger partial charge in [-0.3, -0.25) is 4.79 Å². The van der Waals surface area contributed by atoms with Crippen molar-refractivity contribution in [2.45, 2.75) is 19.8 Å². The number of unbranched alkanes of at least 4 members (excludes halogenated alkanes) is 1. The SMILES string of the molecule is CCCCOC(=O)CSC#N. The summed E-state index contributed by atoms with van der Waals surface area (Å²) in [6.45, 7) is 2.50. The molecule has 0 aromatic heterocycles. The minimum atomic E-state index is -0.301. The highest BCUT2D eigenvalue weighted by molar-refractivity contribution is 8.04. The van der Waals surface area contributed by atoms with Gasteiger partial charge in [0.25, 0.3) is 0 Å². The van der Waals surface area contributed by atoms with Crippen LogP contribution in [-0.2, 0) is 9.53 Å². The van der Waals surface area contributed by atoms with E-state index in [1.165, 1.54) is 0 Å². The van der Waals surface area contributed by atoms with Crippen LogP contribution in [0.25, 0.3) is 0 Å². The average molecular weight is 173 g/mol. The molecule has 0 bridgehead atoms. The summed E-state index contributed by atoms with van der Waals surface area (Å²) in [5.74, 6) is -0.162. The normalized spacial score (nSPS) is 8.73. The van der Waals surface area contributed by atoms with Gasteiger partial charge in [0, 0.05) is 0 Å². The molecule has 0 heterocycles. The Morgan fingerprint density at radius 1 is 1.73 bits per heavy atom. The van der Waals surface area contributed by atoms with Gasteiger partial charge in [-0.05, 0) is 18.2 Å². The van der Waals surface area contributed by atoms with E-state index in [0.717, 1.165) is 24.6 Å². The highest BCUT2D eigenvalue weighted by Crippen LogP contribution is 1.97. The van der Waals surface area contributed by atoms with Crippen LogP contribution < -0.4 is 0 Å². The molecule has 4 heteroatoms. The molecule has 62 valence electrons. The Kier molecular flexibility index (Phi) is 6.95. The number of thioether (sulfide) groups is 1. The fourth-order valence-corrected chi connectivity index (χ4v) is 0.729. The van der Waals surface area contributed by atoms with Gasteiger partial charge >= 0.3 is 5.97 Å². The predicted octanol–water partition coefficient (Wildman–Crippen LogP) is 1.54. The third kappa shape index (κ3) is 7.20. The Morgan fingerprint density at radius 3 is 3.00 bits per heavy atom. The van der Waals surface area contributed by atoms with Gasteiger partial charge in [-0.2, -0.15) is 5.26 Å². The molecule has 0 aromatic rings. The highest BCUT2D eigenvalue weighted by atomic mass is 32.2. The van der Waals surface area contributed by atoms with E-state index in [9.17, 15) is 4.79 Å². The molecular weight excluding hydrogens is 162 g/mol. The zero-order valence-corrected chi connectivity index (χ0v) is 7.32. The van der Waals surface area contributed by atoms with Gasteiger partial charge in [-0.1, -0.05) is 13.3 Å². The van der Waals surface area contributed by atoms with Gasteiger partial charge in [-0.15, -0.1) is 0 Å². The molecule has 0 radical (unpaired) electrons. The molecule has 0 amide bonds. The molecule has 11 heavy (non-hydrogen) atoms. The second kappa shape index (κ2) is 7.42. The van der Waals surface area contributed by atoms with E-state index in [2.05, 4.69) is 0 Å². The van der Waals surface area contributed by atoms with Crippen LogP contribution in [0, 0.1) is 10.7 Å². The van der Waals surface area contributed by atoms with Crippen molar-refractivity contribution in [2.24, 2.45) is 0 Å². The average Bonchev–Trinajstić information content (AvgIpc) is 2.01. The lowest BCUT2D eigenvalue weighted by atomic mass is 10.4. The van der Waals surface area contributed by atoms with Crippen molar-refractivity contribution in [3.63, 3.8) is 0 Å². The first-order chi connectivity index (χ1) is 5.31. The second-order valence-electron chi connectivity index (χ2n) is 1.95. The first-order valence-corrected chi connectivity index (χ1v) is 4.46. The monoisotopic (exact) mass is 173 g/mol. The summed E-state index contributed by atoms with van der Waals surface area (Å²) in [5, 5.41) is 9.90. The molecule has 0 aliphatic carbocycles. The lowest BCUT2D eigenvalue weighted by Crippen LogP contribution is -2.07. The molecule has 0 spiro atoms. The molecule has 0 aliphatic heterocycles. The van der Waals surface area contributed by atoms with Gasteiger partial charge < -0.3 is 4.74 Å². The second-order valence-corrected chi connectivity index (χ2v) is 2.71. The summed E-state index contributed by atoms with van der Waals surface area (Å²) in [6.07, 6.45) is 1.90. The summed E-state index contributed by atoms with van der Waals surface area (Å²) in [4.78, 5) is 10.7. The van der Waals surface area contributed by atoms with E-state index < -0.39 is 0 Å². The third-order valence-corrected chi connectivity index (χ3v) is 1.52. The van der Waals surface area contributed by atoms with Crippen molar-refractivity contribution < 1.29 is 9.53 Å². The number of nitrogens with zero attached hydrogens (tertiary/aromatic N) is 1. The highest BCUT2D eigenvalue weighted by Gasteiger charge is 2.00. The van der Waals surface area contributed by atoms with E-state index in [4.69, 9.17) is 10.00 Å². The molecule has 0 N–H and O–H groups in total. The number of carbonyl (C=O) groups excluding carboxylic acids is 1. The predicted molar refractivity (Wildman–Crippen MR) is 43.9 cm³/mol. The molecule has 0 atom stereocenters. The zero-order chi connectivity index (χ0) is 8.53. The Balaban J connectivity index is 3.17. The number of nitriles is 1. The minimum absolute atomic E-state index is 0.139. The van der Waals surface area contributed by atoms with Crippen molar-refractivity contribution in [2.75, 3.05) is 12.4 Å². The smallest absolute Gasteiger partial charge is 0.316 e. The number of carbonyl (C=O) groups is 1. The van der Waals surface area contributed by atoms with E-state index >= 15 is 0 Å². The Labute approximate surface area is 70.7 Å². The molecule has 0 aliphatic rings. The minimum Gasteiger partial charge on any atom is -0.465 e. The van der Waals surface area contributed by atoms with E-state index in [0.29, 0.717) is 6.61 Å². The number of esters is 1. The number of hydrogen-bond donors (Lipinski definition) is 0. The summed E-state index contributed by atoms with van der Waals surface area (Å²) >= 11 is 0.905. The summed E-state index contributed by atoms with van der Waals surface area (Å²) in [7, 11) is 0. The van der Waals surface area contributed by atoms with Crippen LogP contribution >= 0.6 is 11.8 Å². The number of rotatable bonds is 5. The number of ether oxygens (including phenoxy) is 1. The zero-order valence-electron chi connectivity index (χ0n) is 6.50. The van der Waals surface area contributed by atoms with Crippen molar-refractivity contribution in [1.82, 2.24) is 0 Å². The molecule has 0 fully saturated rings. The molecule has 0 unspecified atom stereocenters. The van der Waals surface area contributed by atoms with Gasteiger partial charge in [0.2, 0.25) is 0 Å². The number of thiocyanates is 1. The van der Waals surface area contributed by atoms with Crippen LogP contribution in [0.5, 0.6) is 0 Å². The van der Waals surface area contributed by atoms with Crippen LogP contribution in [0.2, 0.25) is 0 Å². The number of hydrogen-bond acceptors (Lipinski definition) is 4. The van der Waals surface area contributed by atoms with E-state index in [1.54, 1.807) is 5.40 Å². The maximum Gasteiger partial charge on any atom is 0.316 e. The fraction of sp³-hybridized carbons (Fsp3) is 0.714. The lowest BCUT2D eigenvalue weighted by molar-refractivity contribution is -0.140. The molecule has 0 rings (SSSR count). The van der Waals surface area contributed by atoms with Crippen LogP contribution in [0.4, 0.5) is 0 Å². The van der Waals surface area contributed by atoms with Gasteiger partial charge in [0.05, 0.1) is 6.61 Å². The molecular formula is C7H11NO2S. The summed E-state index contributed by atoms with van der Waals surface area (Å²) in [5.41, 5.74) is 0. The standard InChI is InChI=1S/C7H11NO2S/c1-2-3-4-10-7(9)5-11-6-8/h2-5H2,1H3. The largest absolute Gasteiger partial charge is 0.465 e. The van der Waals surface area contributed by atoms with Crippen molar-refractivity contribution >= 4 is 17.7 Å². The van der Waals surface area contributed by atoms with Gasteiger partial charge in [-0.25, -0.2) is 0 Å². The Morgan fingerprint density at radius 2 is 2.45 bits per heavy atom. The molecule has 0 saturated carbocycles. The van der Waals surface area contributed by atoms with Crippen molar-refractivity contribution in [1.29, 1.82) is 5.26 Å². The topological polar surface area (TPSA) is 50.1 Å². The quantitative estimate of drug-likeness (QED) is 0.359. The molecule has 0 saturated heterocycles. The Bertz CT molecular complexity index is 153. The Hall–Kier alpha value is -0.690. The van der Waals surface area contributed by atoms with E-state index in [1.807, 2.05) is 6.92 Å². The van der Waals surface area contributed by atoms with Crippen molar-refractivity contribution in [3.05, 3.63) is 0 Å². The van der Waals surface area contributed by atoms with E-state index in [-0.39, 0.29) is 11.7 Å². The lowest BCUT2D eigenvalue weighted by Gasteiger charge is -1.99. The van der Waals surface area contributed by atoms with Crippen molar-refractivity contribution in [3.8, 4) is 5.40 Å². The maximum absolute atomic E-state index is 10.7. The maximum atomic E-state index is 10.7. The summed E-state index contributed by atoms with van der Waals surface area (Å²) in [6, 6.07) is 0. The van der Waals surface area contributed by atoms with Gasteiger partial charge in [0.1, 0.15) is 11.2 Å². The fourth-order valence-electron chi connectivity index (χ4n) is 0.463. The van der Waals surface area contributed by atoms with Crippen LogP contribution in [0.3, 0.4) is 0 Å². The van der Waals surface area contributed by atoms with Crippen LogP contribution in [0.1, 0.15) is 19.8 Å². The molecule has 3 nitrogen and oxygen atoms in total.